The van der Waals surface area contributed by atoms with Gasteiger partial charge in [0.2, 0.25) is 5.95 Å². The van der Waals surface area contributed by atoms with Gasteiger partial charge in [-0.05, 0) is 37.1 Å². The first kappa shape index (κ1) is 23.8. The molecule has 0 aliphatic carbocycles. The molecule has 2 aromatic rings. The third-order valence-corrected chi connectivity index (χ3v) is 4.83. The number of carbonyl (C=O) groups excluding carboxylic acids is 1. The van der Waals surface area contributed by atoms with Gasteiger partial charge in [-0.15, -0.1) is 24.0 Å². The third-order valence-electron chi connectivity index (χ3n) is 4.83. The van der Waals surface area contributed by atoms with Gasteiger partial charge in [0, 0.05) is 64.3 Å². The van der Waals surface area contributed by atoms with Crippen LogP contribution in [-0.2, 0) is 6.42 Å². The zero-order valence-electron chi connectivity index (χ0n) is 17.5. The number of aromatic nitrogens is 2. The molecular weight excluding hydrogens is 493 g/mol. The van der Waals surface area contributed by atoms with E-state index in [-0.39, 0.29) is 29.9 Å². The Hall–Kier alpha value is -2.43. The molecule has 9 heteroatoms. The number of nitrogens with one attached hydrogen (secondary N) is 2. The summed E-state index contributed by atoms with van der Waals surface area (Å²) in [5.41, 5.74) is 1.79. The van der Waals surface area contributed by atoms with E-state index in [4.69, 9.17) is 4.99 Å². The maximum absolute atomic E-state index is 11.8. The molecule has 0 unspecified atom stereocenters. The van der Waals surface area contributed by atoms with E-state index in [0.29, 0.717) is 12.1 Å². The summed E-state index contributed by atoms with van der Waals surface area (Å²) in [6.45, 7) is 7.04. The molecule has 2 heterocycles. The maximum Gasteiger partial charge on any atom is 0.251 e. The Labute approximate surface area is 195 Å². The normalized spacial score (nSPS) is 14.1. The Bertz CT molecular complexity index is 823. The van der Waals surface area contributed by atoms with E-state index >= 15 is 0 Å². The first-order valence-corrected chi connectivity index (χ1v) is 10.1. The predicted octanol–water partition coefficient (Wildman–Crippen LogP) is 1.78. The monoisotopic (exact) mass is 523 g/mol. The van der Waals surface area contributed by atoms with Crippen LogP contribution < -0.4 is 15.5 Å². The third kappa shape index (κ3) is 6.54. The molecule has 1 aromatic carbocycles. The smallest absolute Gasteiger partial charge is 0.251 e. The molecule has 1 amide bonds. The summed E-state index contributed by atoms with van der Waals surface area (Å²) in [4.78, 5) is 29.8. The van der Waals surface area contributed by atoms with Crippen LogP contribution in [0.3, 0.4) is 0 Å². The van der Waals surface area contributed by atoms with Crippen molar-refractivity contribution in [1.29, 1.82) is 0 Å². The molecule has 1 aliphatic rings. The van der Waals surface area contributed by atoms with Crippen molar-refractivity contribution < 1.29 is 4.79 Å². The van der Waals surface area contributed by atoms with Crippen molar-refractivity contribution in [3.8, 4) is 0 Å². The van der Waals surface area contributed by atoms with Gasteiger partial charge in [-0.2, -0.15) is 0 Å². The van der Waals surface area contributed by atoms with Crippen LogP contribution in [0.25, 0.3) is 0 Å². The molecule has 0 saturated carbocycles. The summed E-state index contributed by atoms with van der Waals surface area (Å²) >= 11 is 0. The lowest BCUT2D eigenvalue weighted by molar-refractivity contribution is 0.0963. The Kier molecular flexibility index (Phi) is 9.78. The van der Waals surface area contributed by atoms with Crippen molar-refractivity contribution in [2.75, 3.05) is 51.2 Å². The molecule has 0 spiro atoms. The lowest BCUT2D eigenvalue weighted by atomic mass is 10.1. The molecule has 2 N–H and O–H groups in total. The fourth-order valence-electron chi connectivity index (χ4n) is 3.30. The van der Waals surface area contributed by atoms with Gasteiger partial charge >= 0.3 is 0 Å². The van der Waals surface area contributed by atoms with E-state index in [1.807, 2.05) is 30.3 Å². The molecule has 1 fully saturated rings. The van der Waals surface area contributed by atoms with Gasteiger partial charge in [0.25, 0.3) is 5.91 Å². The Morgan fingerprint density at radius 1 is 1.13 bits per heavy atom. The molecular formula is C21H30IN7O. The lowest BCUT2D eigenvalue weighted by Crippen LogP contribution is -2.53. The first-order chi connectivity index (χ1) is 14.2. The van der Waals surface area contributed by atoms with E-state index < -0.39 is 0 Å². The van der Waals surface area contributed by atoms with E-state index in [1.165, 1.54) is 0 Å². The largest absolute Gasteiger partial charge is 0.357 e. The number of carbonyl (C=O) groups is 1. The molecule has 162 valence electrons. The van der Waals surface area contributed by atoms with Crippen LogP contribution in [0, 0.1) is 0 Å². The molecule has 8 nitrogen and oxygen atoms in total. The minimum Gasteiger partial charge on any atom is -0.357 e. The van der Waals surface area contributed by atoms with Crippen molar-refractivity contribution in [3.63, 3.8) is 0 Å². The Balaban J connectivity index is 0.00000320. The van der Waals surface area contributed by atoms with Crippen LogP contribution in [0.2, 0.25) is 0 Å². The van der Waals surface area contributed by atoms with Crippen LogP contribution >= 0.6 is 24.0 Å². The maximum atomic E-state index is 11.8. The standard InChI is InChI=1S/C21H29N7O.HI/c1-3-23-20(26-11-8-17-6-4-7-18(16-17)19(29)22-2)27-12-14-28(15-13-27)21-24-9-5-10-25-21;/h4-7,9-10,16H,3,8,11-15H2,1-2H3,(H,22,29)(H,23,26);1H. The Morgan fingerprint density at radius 3 is 2.53 bits per heavy atom. The number of rotatable bonds is 6. The van der Waals surface area contributed by atoms with Crippen molar-refractivity contribution in [1.82, 2.24) is 25.5 Å². The number of amides is 1. The molecule has 0 atom stereocenters. The van der Waals surface area contributed by atoms with E-state index in [9.17, 15) is 4.79 Å². The fraction of sp³-hybridized carbons (Fsp3) is 0.429. The highest BCUT2D eigenvalue weighted by atomic mass is 127. The topological polar surface area (TPSA) is 85.8 Å². The van der Waals surface area contributed by atoms with Gasteiger partial charge in [0.15, 0.2) is 5.96 Å². The van der Waals surface area contributed by atoms with Gasteiger partial charge in [0.1, 0.15) is 0 Å². The second-order valence-electron chi connectivity index (χ2n) is 6.79. The van der Waals surface area contributed by atoms with Crippen molar-refractivity contribution >= 4 is 41.8 Å². The minimum atomic E-state index is -0.0658. The van der Waals surface area contributed by atoms with Gasteiger partial charge in [0.05, 0.1) is 0 Å². The number of benzene rings is 1. The number of hydrogen-bond acceptors (Lipinski definition) is 5. The predicted molar refractivity (Wildman–Crippen MR) is 131 cm³/mol. The summed E-state index contributed by atoms with van der Waals surface area (Å²) in [7, 11) is 1.64. The van der Waals surface area contributed by atoms with Gasteiger partial charge < -0.3 is 20.4 Å². The van der Waals surface area contributed by atoms with Crippen molar-refractivity contribution in [3.05, 3.63) is 53.9 Å². The van der Waals surface area contributed by atoms with Crippen molar-refractivity contribution in [2.24, 2.45) is 4.99 Å². The van der Waals surface area contributed by atoms with E-state index in [0.717, 1.165) is 56.6 Å². The molecule has 1 saturated heterocycles. The summed E-state index contributed by atoms with van der Waals surface area (Å²) in [6, 6.07) is 9.54. The lowest BCUT2D eigenvalue weighted by Gasteiger charge is -2.36. The average molecular weight is 523 g/mol. The second-order valence-corrected chi connectivity index (χ2v) is 6.79. The highest BCUT2D eigenvalue weighted by molar-refractivity contribution is 14.0. The number of guanidine groups is 1. The average Bonchev–Trinajstić information content (AvgIpc) is 2.79. The summed E-state index contributed by atoms with van der Waals surface area (Å²) in [6.07, 6.45) is 4.34. The minimum absolute atomic E-state index is 0. The zero-order valence-corrected chi connectivity index (χ0v) is 19.9. The van der Waals surface area contributed by atoms with Gasteiger partial charge in [-0.3, -0.25) is 9.79 Å². The number of piperazine rings is 1. The molecule has 0 bridgehead atoms. The summed E-state index contributed by atoms with van der Waals surface area (Å²) in [5, 5.41) is 6.06. The fourth-order valence-corrected chi connectivity index (χ4v) is 3.30. The van der Waals surface area contributed by atoms with Crippen LogP contribution in [0.5, 0.6) is 0 Å². The molecule has 1 aromatic heterocycles. The van der Waals surface area contributed by atoms with Crippen LogP contribution in [0.1, 0.15) is 22.8 Å². The summed E-state index contributed by atoms with van der Waals surface area (Å²) in [5.74, 6) is 1.65. The second kappa shape index (κ2) is 12.3. The summed E-state index contributed by atoms with van der Waals surface area (Å²) < 4.78 is 0. The Morgan fingerprint density at radius 2 is 1.87 bits per heavy atom. The zero-order chi connectivity index (χ0) is 20.5. The number of nitrogens with zero attached hydrogens (tertiary/aromatic N) is 5. The van der Waals surface area contributed by atoms with E-state index in [1.54, 1.807) is 19.4 Å². The molecule has 3 rings (SSSR count). The molecule has 1 aliphatic heterocycles. The van der Waals surface area contributed by atoms with Crippen LogP contribution in [0.4, 0.5) is 5.95 Å². The van der Waals surface area contributed by atoms with Crippen molar-refractivity contribution in [2.45, 2.75) is 13.3 Å². The van der Waals surface area contributed by atoms with Gasteiger partial charge in [-0.25, -0.2) is 9.97 Å². The van der Waals surface area contributed by atoms with Crippen LogP contribution in [-0.4, -0.2) is 73.1 Å². The number of aliphatic imine (C=N–C) groups is 1. The quantitative estimate of drug-likeness (QED) is 0.341. The van der Waals surface area contributed by atoms with E-state index in [2.05, 4.69) is 37.3 Å². The highest BCUT2D eigenvalue weighted by Crippen LogP contribution is 2.10. The number of hydrogen-bond donors (Lipinski definition) is 2. The van der Waals surface area contributed by atoms with Crippen LogP contribution in [0.15, 0.2) is 47.7 Å². The SMILES string of the molecule is CCNC(=NCCc1cccc(C(=O)NC)c1)N1CCN(c2ncccn2)CC1.I. The molecule has 30 heavy (non-hydrogen) atoms. The number of anilines is 1. The molecule has 0 radical (unpaired) electrons. The number of halogens is 1. The van der Waals surface area contributed by atoms with Gasteiger partial charge in [-0.1, -0.05) is 12.1 Å². The first-order valence-electron chi connectivity index (χ1n) is 10.1. The highest BCUT2D eigenvalue weighted by Gasteiger charge is 2.20.